The molecule has 2 aromatic rings. The highest BCUT2D eigenvalue weighted by Crippen LogP contribution is 2.07. The maximum atomic E-state index is 12.5. The van der Waals surface area contributed by atoms with Crippen molar-refractivity contribution in [1.82, 2.24) is 18.7 Å². The minimum absolute atomic E-state index is 0.285. The zero-order valence-electron chi connectivity index (χ0n) is 14.5. The van der Waals surface area contributed by atoms with Gasteiger partial charge in [-0.15, -0.1) is 0 Å². The van der Waals surface area contributed by atoms with Gasteiger partial charge in [-0.05, 0) is 33.6 Å². The fourth-order valence-electron chi connectivity index (χ4n) is 2.49. The molecule has 2 aromatic heterocycles. The van der Waals surface area contributed by atoms with Gasteiger partial charge in [0.05, 0.1) is 6.33 Å². The summed E-state index contributed by atoms with van der Waals surface area (Å²) < 4.78 is 4.33. The molecule has 124 valence electrons. The summed E-state index contributed by atoms with van der Waals surface area (Å²) in [4.78, 5) is 29.0. The van der Waals surface area contributed by atoms with Gasteiger partial charge in [0.1, 0.15) is 0 Å². The Morgan fingerprint density at radius 1 is 1.17 bits per heavy atom. The number of imidazole rings is 1. The Labute approximate surface area is 135 Å². The van der Waals surface area contributed by atoms with E-state index in [0.29, 0.717) is 11.2 Å². The minimum Gasteiger partial charge on any atom is -0.328 e. The van der Waals surface area contributed by atoms with Crippen LogP contribution in [0.1, 0.15) is 33.6 Å². The van der Waals surface area contributed by atoms with Crippen molar-refractivity contribution in [1.29, 1.82) is 0 Å². The summed E-state index contributed by atoms with van der Waals surface area (Å²) in [6, 6.07) is 0. The van der Waals surface area contributed by atoms with Crippen LogP contribution in [0, 0.1) is 0 Å². The Morgan fingerprint density at radius 3 is 2.52 bits per heavy atom. The number of rotatable bonds is 5. The van der Waals surface area contributed by atoms with Gasteiger partial charge in [-0.2, -0.15) is 0 Å². The monoisotopic (exact) mass is 316 g/mol. The molecule has 0 atom stereocenters. The Bertz CT molecular complexity index is 890. The van der Waals surface area contributed by atoms with Gasteiger partial charge < -0.3 is 4.57 Å². The SMILES string of the molecule is CC(C)=CCC/C(C)=C/Cn1c(=O)c2c(ncn2C)n(C)c1=O. The van der Waals surface area contributed by atoms with Crippen molar-refractivity contribution in [3.8, 4) is 0 Å². The lowest BCUT2D eigenvalue weighted by molar-refractivity contribution is 0.661. The predicted molar refractivity (Wildman–Crippen MR) is 92.6 cm³/mol. The van der Waals surface area contributed by atoms with Gasteiger partial charge in [-0.1, -0.05) is 23.3 Å². The van der Waals surface area contributed by atoms with Crippen LogP contribution in [0.4, 0.5) is 0 Å². The Kier molecular flexibility index (Phi) is 5.03. The number of nitrogens with zero attached hydrogens (tertiary/aromatic N) is 4. The molecule has 2 heterocycles. The zero-order chi connectivity index (χ0) is 17.1. The summed E-state index contributed by atoms with van der Waals surface area (Å²) >= 11 is 0. The van der Waals surface area contributed by atoms with Crippen molar-refractivity contribution in [2.45, 2.75) is 40.2 Å². The van der Waals surface area contributed by atoms with Crippen molar-refractivity contribution in [3.63, 3.8) is 0 Å². The average molecular weight is 316 g/mol. The molecule has 2 rings (SSSR count). The van der Waals surface area contributed by atoms with Crippen LogP contribution in [0.15, 0.2) is 39.2 Å². The summed E-state index contributed by atoms with van der Waals surface area (Å²) in [6.45, 7) is 6.46. The molecule has 0 radical (unpaired) electrons. The zero-order valence-corrected chi connectivity index (χ0v) is 14.5. The summed E-state index contributed by atoms with van der Waals surface area (Å²) in [6.07, 6.45) is 7.58. The van der Waals surface area contributed by atoms with E-state index in [9.17, 15) is 9.59 Å². The van der Waals surface area contributed by atoms with E-state index in [1.165, 1.54) is 20.3 Å². The largest absolute Gasteiger partial charge is 0.332 e. The molecule has 0 aliphatic carbocycles. The quantitative estimate of drug-likeness (QED) is 0.794. The third kappa shape index (κ3) is 3.52. The Hall–Kier alpha value is -2.37. The van der Waals surface area contributed by atoms with Crippen LogP contribution in [0.2, 0.25) is 0 Å². The molecule has 0 unspecified atom stereocenters. The lowest BCUT2D eigenvalue weighted by Crippen LogP contribution is -2.39. The van der Waals surface area contributed by atoms with E-state index in [4.69, 9.17) is 0 Å². The molecule has 6 heteroatoms. The van der Waals surface area contributed by atoms with Crippen molar-refractivity contribution in [2.75, 3.05) is 0 Å². The van der Waals surface area contributed by atoms with Gasteiger partial charge >= 0.3 is 5.69 Å². The molecule has 0 fully saturated rings. The third-order valence-corrected chi connectivity index (χ3v) is 3.91. The lowest BCUT2D eigenvalue weighted by atomic mass is 10.1. The number of aromatic nitrogens is 4. The molecular formula is C17H24N4O2. The fourth-order valence-corrected chi connectivity index (χ4v) is 2.49. The fraction of sp³-hybridized carbons (Fsp3) is 0.471. The van der Waals surface area contributed by atoms with Gasteiger partial charge in [-0.25, -0.2) is 9.78 Å². The molecule has 23 heavy (non-hydrogen) atoms. The van der Waals surface area contributed by atoms with E-state index in [-0.39, 0.29) is 17.8 Å². The standard InChI is InChI=1S/C17H24N4O2/c1-12(2)7-6-8-13(3)9-10-21-16(22)14-15(18-11-19(14)4)20(5)17(21)23/h7,9,11H,6,8,10H2,1-5H3/b13-9+. The molecule has 0 bridgehead atoms. The smallest absolute Gasteiger partial charge is 0.328 e. The lowest BCUT2D eigenvalue weighted by Gasteiger charge is -2.07. The number of hydrogen-bond donors (Lipinski definition) is 0. The first-order valence-corrected chi connectivity index (χ1v) is 7.72. The number of aryl methyl sites for hydroxylation is 2. The highest BCUT2D eigenvalue weighted by atomic mass is 16.2. The van der Waals surface area contributed by atoms with Gasteiger partial charge in [-0.3, -0.25) is 13.9 Å². The maximum absolute atomic E-state index is 12.5. The van der Waals surface area contributed by atoms with Crippen LogP contribution in [0.3, 0.4) is 0 Å². The molecule has 0 N–H and O–H groups in total. The van der Waals surface area contributed by atoms with Crippen LogP contribution in [-0.2, 0) is 20.6 Å². The molecule has 0 saturated carbocycles. The molecule has 0 amide bonds. The molecule has 0 aliphatic rings. The second-order valence-corrected chi connectivity index (χ2v) is 6.16. The maximum Gasteiger partial charge on any atom is 0.332 e. The van der Waals surface area contributed by atoms with E-state index >= 15 is 0 Å². The van der Waals surface area contributed by atoms with Crippen molar-refractivity contribution < 1.29 is 0 Å². The second-order valence-electron chi connectivity index (χ2n) is 6.16. The summed E-state index contributed by atoms with van der Waals surface area (Å²) in [7, 11) is 3.39. The Morgan fingerprint density at radius 2 is 1.87 bits per heavy atom. The van der Waals surface area contributed by atoms with Crippen LogP contribution in [0.5, 0.6) is 0 Å². The van der Waals surface area contributed by atoms with Crippen molar-refractivity contribution in [3.05, 3.63) is 50.5 Å². The van der Waals surface area contributed by atoms with E-state index in [1.54, 1.807) is 25.0 Å². The molecule has 6 nitrogen and oxygen atoms in total. The Balaban J connectivity index is 2.34. The first-order chi connectivity index (χ1) is 10.8. The molecular weight excluding hydrogens is 292 g/mol. The molecule has 0 aliphatic heterocycles. The van der Waals surface area contributed by atoms with Crippen molar-refractivity contribution in [2.24, 2.45) is 14.1 Å². The van der Waals surface area contributed by atoms with Crippen LogP contribution >= 0.6 is 0 Å². The molecule has 0 saturated heterocycles. The van der Waals surface area contributed by atoms with Crippen LogP contribution in [-0.4, -0.2) is 18.7 Å². The number of allylic oxidation sites excluding steroid dienone is 4. The van der Waals surface area contributed by atoms with Crippen LogP contribution in [0.25, 0.3) is 11.2 Å². The van der Waals surface area contributed by atoms with Gasteiger partial charge in [0.25, 0.3) is 5.56 Å². The topological polar surface area (TPSA) is 61.8 Å². The first kappa shape index (κ1) is 17.0. The second kappa shape index (κ2) is 6.81. The third-order valence-electron chi connectivity index (χ3n) is 3.91. The van der Waals surface area contributed by atoms with E-state index < -0.39 is 0 Å². The van der Waals surface area contributed by atoms with E-state index in [0.717, 1.165) is 12.8 Å². The molecule has 0 spiro atoms. The minimum atomic E-state index is -0.338. The van der Waals surface area contributed by atoms with Crippen molar-refractivity contribution >= 4 is 11.2 Å². The van der Waals surface area contributed by atoms with Gasteiger partial charge in [0.2, 0.25) is 0 Å². The summed E-state index contributed by atoms with van der Waals surface area (Å²) in [5.41, 5.74) is 2.70. The van der Waals surface area contributed by atoms with Crippen LogP contribution < -0.4 is 11.2 Å². The van der Waals surface area contributed by atoms with E-state index in [2.05, 4.69) is 24.9 Å². The predicted octanol–water partition coefficient (Wildman–Crippen LogP) is 2.13. The average Bonchev–Trinajstić information content (AvgIpc) is 2.86. The summed E-state index contributed by atoms with van der Waals surface area (Å²) in [5, 5.41) is 0. The normalized spacial score (nSPS) is 12.0. The van der Waals surface area contributed by atoms with Gasteiger partial charge in [0, 0.05) is 20.6 Å². The van der Waals surface area contributed by atoms with E-state index in [1.807, 2.05) is 13.0 Å². The van der Waals surface area contributed by atoms with Gasteiger partial charge in [0.15, 0.2) is 11.2 Å². The number of hydrogen-bond acceptors (Lipinski definition) is 3. The number of fused-ring (bicyclic) bond motifs is 1. The highest BCUT2D eigenvalue weighted by Gasteiger charge is 2.13. The first-order valence-electron chi connectivity index (χ1n) is 7.72. The summed E-state index contributed by atoms with van der Waals surface area (Å²) in [5.74, 6) is 0. The molecule has 0 aromatic carbocycles. The highest BCUT2D eigenvalue weighted by molar-refractivity contribution is 5.69.